The second-order valence-electron chi connectivity index (χ2n) is 6.69. The summed E-state index contributed by atoms with van der Waals surface area (Å²) in [5.41, 5.74) is 0. The van der Waals surface area contributed by atoms with E-state index in [2.05, 4.69) is 20.6 Å². The van der Waals surface area contributed by atoms with Crippen LogP contribution < -0.4 is 15.5 Å². The smallest absolute Gasteiger partial charge is 0.395 e. The first kappa shape index (κ1) is 18.6. The first-order chi connectivity index (χ1) is 12.9. The average Bonchev–Trinajstić information content (AvgIpc) is 3.14. The fraction of sp³-hybridized carbons (Fsp3) is 0.471. The summed E-state index contributed by atoms with van der Waals surface area (Å²) in [5.74, 6) is 0.517. The zero-order valence-electron chi connectivity index (χ0n) is 15.2. The molecule has 0 unspecified atom stereocenters. The minimum atomic E-state index is -0.666. The number of carbonyl (C=O) groups excluding carboxylic acids is 1. The number of furan rings is 1. The molecule has 0 aromatic carbocycles. The van der Waals surface area contributed by atoms with Crippen molar-refractivity contribution < 1.29 is 14.1 Å². The highest BCUT2D eigenvalue weighted by molar-refractivity contribution is 5.91. The third-order valence-electron chi connectivity index (χ3n) is 4.49. The lowest BCUT2D eigenvalue weighted by Crippen LogP contribution is -2.40. The van der Waals surface area contributed by atoms with Crippen molar-refractivity contribution in [3.8, 4) is 0 Å². The van der Waals surface area contributed by atoms with E-state index in [1.165, 1.54) is 12.1 Å². The van der Waals surface area contributed by atoms with Gasteiger partial charge in [0.05, 0.1) is 6.07 Å². The number of hydrogen-bond donors (Lipinski definition) is 2. The van der Waals surface area contributed by atoms with Crippen LogP contribution in [-0.4, -0.2) is 47.0 Å². The highest BCUT2D eigenvalue weighted by atomic mass is 16.6. The van der Waals surface area contributed by atoms with Gasteiger partial charge in [0.2, 0.25) is 5.95 Å². The standard InChI is InChI=1S/C17H22N6O4/c1-22(2)14-9-10-18-17(21-14)20-12-5-3-11(4-6-12)19-16(24)13-7-8-15(27-13)23(25)26/h7-12H,3-6H2,1-2H3,(H,19,24)(H,18,20,21)/t11-,12+. The first-order valence-electron chi connectivity index (χ1n) is 8.74. The van der Waals surface area contributed by atoms with Gasteiger partial charge in [-0.25, -0.2) is 4.98 Å². The second-order valence-corrected chi connectivity index (χ2v) is 6.69. The molecule has 1 fully saturated rings. The van der Waals surface area contributed by atoms with Crippen molar-refractivity contribution in [3.05, 3.63) is 40.3 Å². The Kier molecular flexibility index (Phi) is 5.53. The molecule has 0 bridgehead atoms. The molecule has 27 heavy (non-hydrogen) atoms. The van der Waals surface area contributed by atoms with Gasteiger partial charge in [-0.05, 0) is 37.8 Å². The van der Waals surface area contributed by atoms with Crippen molar-refractivity contribution in [2.45, 2.75) is 37.8 Å². The van der Waals surface area contributed by atoms with Crippen LogP contribution >= 0.6 is 0 Å². The number of aromatic nitrogens is 2. The molecular formula is C17H22N6O4. The first-order valence-corrected chi connectivity index (χ1v) is 8.74. The van der Waals surface area contributed by atoms with Crippen molar-refractivity contribution in [1.82, 2.24) is 15.3 Å². The van der Waals surface area contributed by atoms with E-state index < -0.39 is 16.7 Å². The van der Waals surface area contributed by atoms with E-state index >= 15 is 0 Å². The molecule has 1 aliphatic carbocycles. The van der Waals surface area contributed by atoms with Crippen LogP contribution in [0.5, 0.6) is 0 Å². The van der Waals surface area contributed by atoms with Gasteiger partial charge in [0.15, 0.2) is 5.76 Å². The van der Waals surface area contributed by atoms with E-state index in [-0.39, 0.29) is 17.8 Å². The predicted molar refractivity (Wildman–Crippen MR) is 98.9 cm³/mol. The number of hydrogen-bond acceptors (Lipinski definition) is 8. The van der Waals surface area contributed by atoms with Crippen LogP contribution in [0.4, 0.5) is 17.7 Å². The number of nitrogens with zero attached hydrogens (tertiary/aromatic N) is 4. The van der Waals surface area contributed by atoms with E-state index in [4.69, 9.17) is 4.42 Å². The highest BCUT2D eigenvalue weighted by Gasteiger charge is 2.25. The Bertz CT molecular complexity index is 813. The molecule has 10 heteroatoms. The molecule has 1 saturated carbocycles. The third kappa shape index (κ3) is 4.72. The Hall–Kier alpha value is -3.17. The van der Waals surface area contributed by atoms with Crippen LogP contribution in [0.2, 0.25) is 0 Å². The zero-order valence-corrected chi connectivity index (χ0v) is 15.2. The third-order valence-corrected chi connectivity index (χ3v) is 4.49. The van der Waals surface area contributed by atoms with E-state index in [1.807, 2.05) is 25.1 Å². The summed E-state index contributed by atoms with van der Waals surface area (Å²) in [6, 6.07) is 4.58. The largest absolute Gasteiger partial charge is 0.433 e. The van der Waals surface area contributed by atoms with Crippen LogP contribution in [0.15, 0.2) is 28.8 Å². The average molecular weight is 374 g/mol. The van der Waals surface area contributed by atoms with Gasteiger partial charge >= 0.3 is 5.88 Å². The van der Waals surface area contributed by atoms with Crippen LogP contribution in [0.25, 0.3) is 0 Å². The number of nitrogens with one attached hydrogen (secondary N) is 2. The molecule has 0 saturated heterocycles. The lowest BCUT2D eigenvalue weighted by Gasteiger charge is -2.29. The molecular weight excluding hydrogens is 352 g/mol. The predicted octanol–water partition coefficient (Wildman–Crippen LogP) is 2.20. The summed E-state index contributed by atoms with van der Waals surface area (Å²) in [6.45, 7) is 0. The molecule has 2 heterocycles. The van der Waals surface area contributed by atoms with Crippen molar-refractivity contribution in [1.29, 1.82) is 0 Å². The van der Waals surface area contributed by atoms with E-state index in [0.717, 1.165) is 31.5 Å². The van der Waals surface area contributed by atoms with Gasteiger partial charge < -0.3 is 20.0 Å². The number of carbonyl (C=O) groups is 1. The lowest BCUT2D eigenvalue weighted by atomic mass is 9.91. The van der Waals surface area contributed by atoms with Gasteiger partial charge in [-0.15, -0.1) is 0 Å². The molecule has 3 rings (SSSR count). The summed E-state index contributed by atoms with van der Waals surface area (Å²) in [7, 11) is 3.85. The highest BCUT2D eigenvalue weighted by Crippen LogP contribution is 2.23. The molecule has 1 aliphatic rings. The van der Waals surface area contributed by atoms with Crippen LogP contribution in [0.1, 0.15) is 36.2 Å². The molecule has 0 aliphatic heterocycles. The Morgan fingerprint density at radius 2 is 1.93 bits per heavy atom. The van der Waals surface area contributed by atoms with Crippen molar-refractivity contribution >= 4 is 23.6 Å². The number of anilines is 2. The molecule has 2 N–H and O–H groups in total. The van der Waals surface area contributed by atoms with Crippen LogP contribution in [0.3, 0.4) is 0 Å². The van der Waals surface area contributed by atoms with Gasteiger partial charge in [0.1, 0.15) is 10.7 Å². The Morgan fingerprint density at radius 3 is 2.56 bits per heavy atom. The topological polar surface area (TPSA) is 126 Å². The van der Waals surface area contributed by atoms with Gasteiger partial charge in [0.25, 0.3) is 5.91 Å². The molecule has 0 atom stereocenters. The monoisotopic (exact) mass is 374 g/mol. The molecule has 0 spiro atoms. The van der Waals surface area contributed by atoms with Gasteiger partial charge in [-0.2, -0.15) is 4.98 Å². The summed E-state index contributed by atoms with van der Waals surface area (Å²) >= 11 is 0. The normalized spacial score (nSPS) is 19.3. The van der Waals surface area contributed by atoms with Crippen LogP contribution in [0, 0.1) is 10.1 Å². The van der Waals surface area contributed by atoms with Gasteiger partial charge in [-0.3, -0.25) is 14.9 Å². The summed E-state index contributed by atoms with van der Waals surface area (Å²) in [6.07, 6.45) is 5.02. The maximum Gasteiger partial charge on any atom is 0.433 e. The quantitative estimate of drug-likeness (QED) is 0.582. The maximum absolute atomic E-state index is 12.2. The minimum Gasteiger partial charge on any atom is -0.395 e. The minimum absolute atomic E-state index is 0.00809. The molecule has 0 radical (unpaired) electrons. The van der Waals surface area contributed by atoms with Gasteiger partial charge in [0, 0.05) is 32.4 Å². The van der Waals surface area contributed by atoms with E-state index in [1.54, 1.807) is 6.20 Å². The lowest BCUT2D eigenvalue weighted by molar-refractivity contribution is -0.402. The zero-order chi connectivity index (χ0) is 19.4. The molecule has 144 valence electrons. The Balaban J connectivity index is 1.49. The summed E-state index contributed by atoms with van der Waals surface area (Å²) in [4.78, 5) is 32.7. The molecule has 2 aromatic rings. The molecule has 1 amide bonds. The van der Waals surface area contributed by atoms with E-state index in [0.29, 0.717) is 5.95 Å². The fourth-order valence-corrected chi connectivity index (χ4v) is 3.04. The van der Waals surface area contributed by atoms with Gasteiger partial charge in [-0.1, -0.05) is 0 Å². The Labute approximate surface area is 156 Å². The van der Waals surface area contributed by atoms with Crippen molar-refractivity contribution in [3.63, 3.8) is 0 Å². The molecule has 10 nitrogen and oxygen atoms in total. The summed E-state index contributed by atoms with van der Waals surface area (Å²) in [5, 5.41) is 16.8. The number of rotatable bonds is 6. The SMILES string of the molecule is CN(C)c1ccnc(N[C@H]2CC[C@@H](NC(=O)c3ccc([N+](=O)[O-])o3)CC2)n1. The number of nitro groups is 1. The second kappa shape index (κ2) is 8.02. The van der Waals surface area contributed by atoms with Crippen molar-refractivity contribution in [2.75, 3.05) is 24.3 Å². The maximum atomic E-state index is 12.2. The molecule has 2 aromatic heterocycles. The fourth-order valence-electron chi connectivity index (χ4n) is 3.04. The Morgan fingerprint density at radius 1 is 1.22 bits per heavy atom. The van der Waals surface area contributed by atoms with Crippen LogP contribution in [-0.2, 0) is 0 Å². The van der Waals surface area contributed by atoms with E-state index in [9.17, 15) is 14.9 Å². The number of amides is 1. The van der Waals surface area contributed by atoms with Crippen molar-refractivity contribution in [2.24, 2.45) is 0 Å². The summed E-state index contributed by atoms with van der Waals surface area (Å²) < 4.78 is 4.94.